The first-order valence-corrected chi connectivity index (χ1v) is 10.6. The molecule has 29 heavy (non-hydrogen) atoms. The molecular weight excluding hydrogens is 408 g/mol. The number of imidazole rings is 1. The summed E-state index contributed by atoms with van der Waals surface area (Å²) in [5.74, 6) is -0.919. The fraction of sp³-hybridized carbons (Fsp3) is 0.444. The topological polar surface area (TPSA) is 90.7 Å². The number of benzene rings is 1. The highest BCUT2D eigenvalue weighted by atomic mass is 32.2. The summed E-state index contributed by atoms with van der Waals surface area (Å²) in [5, 5.41) is -0.688. The zero-order valence-electron chi connectivity index (χ0n) is 15.3. The molecule has 11 heteroatoms. The maximum Gasteiger partial charge on any atom is 0.387 e. The zero-order valence-corrected chi connectivity index (χ0v) is 16.1. The van der Waals surface area contributed by atoms with Crippen LogP contribution in [-0.4, -0.2) is 71.7 Å². The lowest BCUT2D eigenvalue weighted by Gasteiger charge is -2.52. The lowest BCUT2D eigenvalue weighted by atomic mass is 9.94. The number of aromatic nitrogens is 2. The first-order valence-electron chi connectivity index (χ1n) is 8.92. The maximum atomic E-state index is 12.7. The molecule has 2 aromatic rings. The van der Waals surface area contributed by atoms with Crippen LogP contribution in [0.4, 0.5) is 8.78 Å². The minimum Gasteiger partial charge on any atom is -0.434 e. The highest BCUT2D eigenvalue weighted by molar-refractivity contribution is 7.92. The second-order valence-corrected chi connectivity index (χ2v) is 9.50. The van der Waals surface area contributed by atoms with Crippen LogP contribution in [0.5, 0.6) is 5.75 Å². The van der Waals surface area contributed by atoms with Crippen molar-refractivity contribution in [1.29, 1.82) is 0 Å². The van der Waals surface area contributed by atoms with Crippen LogP contribution in [0.3, 0.4) is 0 Å². The summed E-state index contributed by atoms with van der Waals surface area (Å²) in [6.07, 6.45) is 4.80. The summed E-state index contributed by atoms with van der Waals surface area (Å²) in [5.41, 5.74) is -0.961. The number of hydrogen-bond donors (Lipinski definition) is 0. The predicted octanol–water partition coefficient (Wildman–Crippen LogP) is 1.19. The Bertz CT molecular complexity index is 991. The normalized spacial score (nSPS) is 22.4. The van der Waals surface area contributed by atoms with Gasteiger partial charge in [0.15, 0.2) is 9.84 Å². The number of amides is 1. The molecule has 0 N–H and O–H groups in total. The second-order valence-electron chi connectivity index (χ2n) is 7.22. The first kappa shape index (κ1) is 19.8. The molecule has 1 aromatic heterocycles. The van der Waals surface area contributed by atoms with Crippen LogP contribution in [-0.2, 0) is 21.1 Å². The van der Waals surface area contributed by atoms with E-state index < -0.39 is 33.2 Å². The molecule has 4 rings (SSSR count). The van der Waals surface area contributed by atoms with Crippen LogP contribution in [0.25, 0.3) is 0 Å². The van der Waals surface area contributed by atoms with Gasteiger partial charge in [-0.3, -0.25) is 4.79 Å². The van der Waals surface area contributed by atoms with Gasteiger partial charge in [-0.05, 0) is 12.1 Å². The molecule has 0 aliphatic carbocycles. The SMILES string of the molecule is O=C(c1ccccc1OC(F)F)N1CC2(C1)CS(=O)(=O)[C@@H](Cn1ccnc1)CO2. The molecular formula is C18H19F2N3O5S. The number of likely N-dealkylation sites (tertiary alicyclic amines) is 1. The van der Waals surface area contributed by atoms with E-state index in [-0.39, 0.29) is 43.3 Å². The Morgan fingerprint density at radius 3 is 2.76 bits per heavy atom. The lowest BCUT2D eigenvalue weighted by Crippen LogP contribution is -2.70. The van der Waals surface area contributed by atoms with E-state index in [9.17, 15) is 22.0 Å². The largest absolute Gasteiger partial charge is 0.434 e. The number of hydrogen-bond acceptors (Lipinski definition) is 6. The van der Waals surface area contributed by atoms with Gasteiger partial charge in [-0.2, -0.15) is 8.78 Å². The van der Waals surface area contributed by atoms with E-state index in [2.05, 4.69) is 9.72 Å². The Labute approximate surface area is 166 Å². The van der Waals surface area contributed by atoms with Crippen molar-refractivity contribution in [2.75, 3.05) is 25.4 Å². The number of carbonyl (C=O) groups excluding carboxylic acids is 1. The van der Waals surface area contributed by atoms with Gasteiger partial charge in [0.25, 0.3) is 5.91 Å². The fourth-order valence-electron chi connectivity index (χ4n) is 3.68. The number of para-hydroxylation sites is 1. The van der Waals surface area contributed by atoms with Gasteiger partial charge in [-0.15, -0.1) is 0 Å². The summed E-state index contributed by atoms with van der Waals surface area (Å²) in [4.78, 5) is 18.0. The number of sulfone groups is 1. The van der Waals surface area contributed by atoms with E-state index >= 15 is 0 Å². The van der Waals surface area contributed by atoms with Crippen LogP contribution >= 0.6 is 0 Å². The average molecular weight is 427 g/mol. The molecule has 2 saturated heterocycles. The number of rotatable bonds is 5. The average Bonchev–Trinajstić information content (AvgIpc) is 3.14. The van der Waals surface area contributed by atoms with E-state index in [1.807, 2.05) is 0 Å². The highest BCUT2D eigenvalue weighted by Crippen LogP contribution is 2.35. The monoisotopic (exact) mass is 427 g/mol. The van der Waals surface area contributed by atoms with Crippen LogP contribution in [0.1, 0.15) is 10.4 Å². The maximum absolute atomic E-state index is 12.7. The minimum atomic E-state index is -3.44. The lowest BCUT2D eigenvalue weighted by molar-refractivity contribution is -0.121. The zero-order chi connectivity index (χ0) is 20.6. The van der Waals surface area contributed by atoms with Gasteiger partial charge < -0.3 is 18.9 Å². The fourth-order valence-corrected chi connectivity index (χ4v) is 5.59. The molecule has 1 amide bonds. The van der Waals surface area contributed by atoms with Crippen molar-refractivity contribution in [3.05, 3.63) is 48.5 Å². The molecule has 8 nitrogen and oxygen atoms in total. The molecule has 3 heterocycles. The molecule has 2 aliphatic heterocycles. The van der Waals surface area contributed by atoms with Crippen LogP contribution in [0.2, 0.25) is 0 Å². The van der Waals surface area contributed by atoms with Crippen molar-refractivity contribution in [1.82, 2.24) is 14.5 Å². The van der Waals surface area contributed by atoms with Gasteiger partial charge in [0, 0.05) is 18.9 Å². The van der Waals surface area contributed by atoms with E-state index in [0.29, 0.717) is 0 Å². The summed E-state index contributed by atoms with van der Waals surface area (Å²) in [6, 6.07) is 5.72. The van der Waals surface area contributed by atoms with Gasteiger partial charge in [0.2, 0.25) is 0 Å². The van der Waals surface area contributed by atoms with E-state index in [0.717, 1.165) is 0 Å². The van der Waals surface area contributed by atoms with Crippen molar-refractivity contribution in [2.24, 2.45) is 0 Å². The van der Waals surface area contributed by atoms with Crippen molar-refractivity contribution < 1.29 is 31.5 Å². The number of alkyl halides is 2. The molecule has 0 bridgehead atoms. The molecule has 0 saturated carbocycles. The third-order valence-electron chi connectivity index (χ3n) is 5.10. The van der Waals surface area contributed by atoms with E-state index in [1.165, 1.54) is 23.1 Å². The van der Waals surface area contributed by atoms with Crippen molar-refractivity contribution in [3.8, 4) is 5.75 Å². The summed E-state index contributed by atoms with van der Waals surface area (Å²) < 4.78 is 62.5. The number of nitrogens with zero attached hydrogens (tertiary/aromatic N) is 3. The molecule has 1 spiro atoms. The smallest absolute Gasteiger partial charge is 0.387 e. The van der Waals surface area contributed by atoms with Crippen LogP contribution < -0.4 is 4.74 Å². The highest BCUT2D eigenvalue weighted by Gasteiger charge is 2.54. The van der Waals surface area contributed by atoms with Gasteiger partial charge in [-0.1, -0.05) is 12.1 Å². The number of ether oxygens (including phenoxy) is 2. The molecule has 1 aromatic carbocycles. The van der Waals surface area contributed by atoms with Gasteiger partial charge in [-0.25, -0.2) is 13.4 Å². The summed E-state index contributed by atoms with van der Waals surface area (Å²) in [7, 11) is -3.44. The summed E-state index contributed by atoms with van der Waals surface area (Å²) >= 11 is 0. The Hall–Kier alpha value is -2.53. The third-order valence-corrected chi connectivity index (χ3v) is 7.33. The van der Waals surface area contributed by atoms with Gasteiger partial charge >= 0.3 is 6.61 Å². The van der Waals surface area contributed by atoms with Crippen molar-refractivity contribution >= 4 is 15.7 Å². The Kier molecular flexibility index (Phi) is 5.03. The van der Waals surface area contributed by atoms with E-state index in [1.54, 1.807) is 29.4 Å². The molecule has 2 fully saturated rings. The van der Waals surface area contributed by atoms with Gasteiger partial charge in [0.05, 0.1) is 37.3 Å². The van der Waals surface area contributed by atoms with Gasteiger partial charge in [0.1, 0.15) is 16.6 Å². The standard InChI is InChI=1S/C18H19F2N3O5S/c19-17(20)28-15-4-2-1-3-14(15)16(24)23-9-18(10-23)11-29(25,26)13(8-27-18)7-22-6-5-21-12-22/h1-6,12-13,17H,7-11H2/t13-/m0/s1. The molecule has 2 aliphatic rings. The van der Waals surface area contributed by atoms with Crippen molar-refractivity contribution in [2.45, 2.75) is 24.0 Å². The van der Waals surface area contributed by atoms with Crippen LogP contribution in [0, 0.1) is 0 Å². The second kappa shape index (κ2) is 7.38. The first-order chi connectivity index (χ1) is 13.8. The number of carbonyl (C=O) groups is 1. The Morgan fingerprint density at radius 1 is 1.34 bits per heavy atom. The Balaban J connectivity index is 1.42. The molecule has 156 valence electrons. The minimum absolute atomic E-state index is 0.000647. The Morgan fingerprint density at radius 2 is 2.10 bits per heavy atom. The predicted molar refractivity (Wildman–Crippen MR) is 97.5 cm³/mol. The van der Waals surface area contributed by atoms with Crippen molar-refractivity contribution in [3.63, 3.8) is 0 Å². The van der Waals surface area contributed by atoms with Crippen LogP contribution in [0.15, 0.2) is 43.0 Å². The van der Waals surface area contributed by atoms with E-state index in [4.69, 9.17) is 4.74 Å². The quantitative estimate of drug-likeness (QED) is 0.712. The molecule has 0 radical (unpaired) electrons. The molecule has 1 atom stereocenters. The third kappa shape index (κ3) is 3.97. The molecule has 0 unspecified atom stereocenters. The summed E-state index contributed by atoms with van der Waals surface area (Å²) in [6.45, 7) is -2.63. The number of halogens is 2.